The monoisotopic (exact) mass is 573 g/mol. The molecule has 0 bridgehead atoms. The Balaban J connectivity index is 1.50. The van der Waals surface area contributed by atoms with E-state index in [1.165, 1.54) is 12.1 Å². The molecule has 12 heteroatoms. The first-order chi connectivity index (χ1) is 17.4. The number of carbonyl (C=O) groups is 1. The first-order valence-corrected chi connectivity index (χ1v) is 12.0. The number of nitrogens with zero attached hydrogens (tertiary/aromatic N) is 2. The molecule has 1 unspecified atom stereocenters. The molecule has 2 heterocycles. The summed E-state index contributed by atoms with van der Waals surface area (Å²) in [7, 11) is 0. The highest BCUT2D eigenvalue weighted by Gasteiger charge is 2.62. The van der Waals surface area contributed by atoms with E-state index >= 15 is 0 Å². The molecule has 0 fully saturated rings. The molecule has 3 aromatic rings. The summed E-state index contributed by atoms with van der Waals surface area (Å²) in [6.45, 7) is 2.01. The van der Waals surface area contributed by atoms with Gasteiger partial charge in [-0.2, -0.15) is 13.2 Å². The second-order valence-corrected chi connectivity index (χ2v) is 9.61. The second-order valence-electron chi connectivity index (χ2n) is 8.41. The van der Waals surface area contributed by atoms with E-state index in [0.717, 1.165) is 17.7 Å². The summed E-state index contributed by atoms with van der Waals surface area (Å²) in [5, 5.41) is 5.73. The molecule has 1 atom stereocenters. The predicted molar refractivity (Wildman–Crippen MR) is 133 cm³/mol. The lowest BCUT2D eigenvalue weighted by Crippen LogP contribution is -2.42. The van der Waals surface area contributed by atoms with Gasteiger partial charge in [0, 0.05) is 30.3 Å². The smallest absolute Gasteiger partial charge is 0.374 e. The SMILES string of the molecule is Cc1cc(C2=NOC(c3cc(Cl)c(F)c(Cl)c3)(C(F)(F)F)C2)ccc1C(=O)NCCc1ccc(Cl)nc1. The lowest BCUT2D eigenvalue weighted by molar-refractivity contribution is -0.275. The van der Waals surface area contributed by atoms with Gasteiger partial charge < -0.3 is 10.2 Å². The van der Waals surface area contributed by atoms with Crippen LogP contribution < -0.4 is 5.32 Å². The maximum Gasteiger partial charge on any atom is 0.435 e. The number of benzene rings is 2. The standard InChI is InChI=1S/C25H18Cl3F4N3O2/c1-13-8-15(3-4-17(13)23(36)33-7-6-14-2-5-21(28)34-12-14)20-11-24(37-35-20,25(30,31)32)16-9-18(26)22(29)19(27)10-16/h2-5,8-10,12H,6-7,11H2,1H3,(H,33,36). The number of pyridine rings is 1. The number of aromatic nitrogens is 1. The van der Waals surface area contributed by atoms with Crippen LogP contribution in [-0.4, -0.2) is 29.3 Å². The van der Waals surface area contributed by atoms with Gasteiger partial charge in [-0.05, 0) is 60.4 Å². The summed E-state index contributed by atoms with van der Waals surface area (Å²) in [6, 6.07) is 9.67. The van der Waals surface area contributed by atoms with Gasteiger partial charge in [-0.15, -0.1) is 0 Å². The number of nitrogens with one attached hydrogen (secondary N) is 1. The Bertz CT molecular complexity index is 1360. The zero-order chi connectivity index (χ0) is 27.0. The van der Waals surface area contributed by atoms with Crippen LogP contribution in [-0.2, 0) is 16.9 Å². The van der Waals surface area contributed by atoms with Gasteiger partial charge in [0.05, 0.1) is 15.8 Å². The lowest BCUT2D eigenvalue weighted by Gasteiger charge is -2.29. The number of amides is 1. The van der Waals surface area contributed by atoms with Gasteiger partial charge in [0.25, 0.3) is 11.5 Å². The van der Waals surface area contributed by atoms with E-state index in [-0.39, 0.29) is 11.6 Å². The van der Waals surface area contributed by atoms with Crippen LogP contribution >= 0.6 is 34.8 Å². The topological polar surface area (TPSA) is 63.6 Å². The van der Waals surface area contributed by atoms with Crippen molar-refractivity contribution in [2.45, 2.75) is 31.5 Å². The third-order valence-corrected chi connectivity index (χ3v) is 6.70. The largest absolute Gasteiger partial charge is 0.435 e. The molecular weight excluding hydrogens is 557 g/mol. The van der Waals surface area contributed by atoms with Crippen molar-refractivity contribution in [2.24, 2.45) is 5.16 Å². The Kier molecular flexibility index (Phi) is 7.69. The zero-order valence-corrected chi connectivity index (χ0v) is 21.4. The summed E-state index contributed by atoms with van der Waals surface area (Å²) >= 11 is 17.2. The van der Waals surface area contributed by atoms with Gasteiger partial charge in [-0.25, -0.2) is 9.37 Å². The van der Waals surface area contributed by atoms with Crippen molar-refractivity contribution in [3.63, 3.8) is 0 Å². The van der Waals surface area contributed by atoms with Crippen LogP contribution in [0.2, 0.25) is 15.2 Å². The van der Waals surface area contributed by atoms with Crippen LogP contribution in [0.25, 0.3) is 0 Å². The summed E-state index contributed by atoms with van der Waals surface area (Å²) < 4.78 is 56.5. The van der Waals surface area contributed by atoms with Crippen LogP contribution in [0.3, 0.4) is 0 Å². The molecule has 1 N–H and O–H groups in total. The van der Waals surface area contributed by atoms with E-state index in [1.807, 2.05) is 0 Å². The number of halogens is 7. The van der Waals surface area contributed by atoms with E-state index in [2.05, 4.69) is 15.5 Å². The third kappa shape index (κ3) is 5.54. The first-order valence-electron chi connectivity index (χ1n) is 10.9. The van der Waals surface area contributed by atoms with Gasteiger partial charge in [0.2, 0.25) is 0 Å². The van der Waals surface area contributed by atoms with Crippen molar-refractivity contribution >= 4 is 46.4 Å². The number of hydrogen-bond acceptors (Lipinski definition) is 4. The van der Waals surface area contributed by atoms with Crippen molar-refractivity contribution in [1.29, 1.82) is 0 Å². The normalized spacial score (nSPS) is 17.4. The average Bonchev–Trinajstić information content (AvgIpc) is 3.30. The van der Waals surface area contributed by atoms with Crippen molar-refractivity contribution < 1.29 is 27.2 Å². The summed E-state index contributed by atoms with van der Waals surface area (Å²) in [6.07, 6.45) is -3.46. The van der Waals surface area contributed by atoms with Gasteiger partial charge in [0.15, 0.2) is 5.82 Å². The van der Waals surface area contributed by atoms with Crippen LogP contribution in [0.4, 0.5) is 17.6 Å². The quantitative estimate of drug-likeness (QED) is 0.195. The number of carbonyl (C=O) groups excluding carboxylic acids is 1. The van der Waals surface area contributed by atoms with Crippen LogP contribution in [0, 0.1) is 12.7 Å². The molecule has 37 heavy (non-hydrogen) atoms. The minimum atomic E-state index is -4.92. The molecule has 1 amide bonds. The fourth-order valence-corrected chi connectivity index (χ4v) is 4.51. The van der Waals surface area contributed by atoms with Gasteiger partial charge in [0.1, 0.15) is 5.15 Å². The third-order valence-electron chi connectivity index (χ3n) is 5.93. The van der Waals surface area contributed by atoms with Crippen molar-refractivity contribution in [3.8, 4) is 0 Å². The van der Waals surface area contributed by atoms with E-state index in [4.69, 9.17) is 39.6 Å². The van der Waals surface area contributed by atoms with E-state index in [1.54, 1.807) is 31.3 Å². The maximum atomic E-state index is 14.2. The molecule has 5 nitrogen and oxygen atoms in total. The Hall–Kier alpha value is -2.88. The summed E-state index contributed by atoms with van der Waals surface area (Å²) in [5.41, 5.74) is -1.25. The van der Waals surface area contributed by atoms with Gasteiger partial charge in [-0.3, -0.25) is 4.79 Å². The Labute approximate surface area is 224 Å². The van der Waals surface area contributed by atoms with Crippen LogP contribution in [0.5, 0.6) is 0 Å². The lowest BCUT2D eigenvalue weighted by atomic mass is 9.86. The molecule has 0 radical (unpaired) electrons. The fraction of sp³-hybridized carbons (Fsp3) is 0.240. The number of aryl methyl sites for hydroxylation is 1. The Morgan fingerprint density at radius 1 is 1.11 bits per heavy atom. The van der Waals surface area contributed by atoms with Gasteiger partial charge >= 0.3 is 6.18 Å². The first kappa shape index (κ1) is 27.2. The molecule has 0 aliphatic carbocycles. The van der Waals surface area contributed by atoms with E-state index in [0.29, 0.717) is 34.8 Å². The number of rotatable bonds is 6. The zero-order valence-electron chi connectivity index (χ0n) is 19.1. The molecule has 0 saturated carbocycles. The van der Waals surface area contributed by atoms with Crippen LogP contribution in [0.15, 0.2) is 53.8 Å². The highest BCUT2D eigenvalue weighted by atomic mass is 35.5. The minimum absolute atomic E-state index is 0.000749. The number of hydrogen-bond donors (Lipinski definition) is 1. The van der Waals surface area contributed by atoms with Crippen molar-refractivity contribution in [1.82, 2.24) is 10.3 Å². The average molecular weight is 575 g/mol. The summed E-state index contributed by atoms with van der Waals surface area (Å²) in [4.78, 5) is 21.6. The Morgan fingerprint density at radius 3 is 2.41 bits per heavy atom. The van der Waals surface area contributed by atoms with Crippen molar-refractivity contribution in [3.05, 3.63) is 97.5 Å². The Morgan fingerprint density at radius 2 is 1.81 bits per heavy atom. The van der Waals surface area contributed by atoms with E-state index < -0.39 is 39.6 Å². The van der Waals surface area contributed by atoms with E-state index in [9.17, 15) is 22.4 Å². The highest BCUT2D eigenvalue weighted by Crippen LogP contribution is 2.50. The van der Waals surface area contributed by atoms with Crippen molar-refractivity contribution in [2.75, 3.05) is 6.54 Å². The molecule has 1 aliphatic heterocycles. The molecule has 0 saturated heterocycles. The summed E-state index contributed by atoms with van der Waals surface area (Å²) in [5.74, 6) is -1.37. The second kappa shape index (κ2) is 10.5. The minimum Gasteiger partial charge on any atom is -0.374 e. The number of oxime groups is 1. The highest BCUT2D eigenvalue weighted by molar-refractivity contribution is 6.35. The van der Waals surface area contributed by atoms with Crippen LogP contribution in [0.1, 0.15) is 39.0 Å². The molecule has 0 spiro atoms. The number of alkyl halides is 3. The maximum absolute atomic E-state index is 14.2. The molecule has 2 aromatic carbocycles. The predicted octanol–water partition coefficient (Wildman–Crippen LogP) is 7.04. The molecule has 1 aromatic heterocycles. The molecule has 1 aliphatic rings. The fourth-order valence-electron chi connectivity index (χ4n) is 3.92. The van der Waals surface area contributed by atoms with Gasteiger partial charge in [-0.1, -0.05) is 52.1 Å². The molecule has 4 rings (SSSR count). The molecular formula is C25H18Cl3F4N3O2. The molecule has 194 valence electrons.